The second-order valence-corrected chi connectivity index (χ2v) is 15.8. The molecule has 4 aromatic rings. The van der Waals surface area contributed by atoms with E-state index in [1.54, 1.807) is 37.8 Å². The van der Waals surface area contributed by atoms with Gasteiger partial charge in [-0.3, -0.25) is 19.2 Å². The molecule has 2 aromatic heterocycles. The van der Waals surface area contributed by atoms with Crippen LogP contribution in [0.2, 0.25) is 0 Å². The number of sulfonamides is 1. The van der Waals surface area contributed by atoms with Crippen molar-refractivity contribution in [1.82, 2.24) is 29.7 Å². The lowest BCUT2D eigenvalue weighted by molar-refractivity contribution is 0.0982. The van der Waals surface area contributed by atoms with Crippen LogP contribution < -0.4 is 24.6 Å². The third-order valence-corrected chi connectivity index (χ3v) is 11.2. The fraction of sp³-hybridized carbons (Fsp3) is 0.471. The van der Waals surface area contributed by atoms with Crippen molar-refractivity contribution in [2.24, 2.45) is 0 Å². The van der Waals surface area contributed by atoms with Gasteiger partial charge in [-0.2, -0.15) is 4.98 Å². The van der Waals surface area contributed by atoms with Crippen LogP contribution in [0.5, 0.6) is 5.75 Å². The number of likely N-dealkylation sites (N-methyl/N-ethyl adjacent to an activating group) is 1. The Morgan fingerprint density at radius 2 is 1.69 bits per heavy atom. The number of anilines is 6. The number of halogens is 1. The summed E-state index contributed by atoms with van der Waals surface area (Å²) in [6.07, 6.45) is 8.27. The predicted molar refractivity (Wildman–Crippen MR) is 200 cm³/mol. The van der Waals surface area contributed by atoms with Crippen LogP contribution in [0.1, 0.15) is 32.3 Å². The van der Waals surface area contributed by atoms with E-state index in [1.807, 2.05) is 13.8 Å². The van der Waals surface area contributed by atoms with Crippen molar-refractivity contribution in [2.45, 2.75) is 45.7 Å². The van der Waals surface area contributed by atoms with Crippen molar-refractivity contribution >= 4 is 71.5 Å². The lowest BCUT2D eigenvalue weighted by Gasteiger charge is -2.43. The largest absolute Gasteiger partial charge is 0.494 e. The van der Waals surface area contributed by atoms with Crippen LogP contribution in [0, 0.1) is 6.92 Å². The summed E-state index contributed by atoms with van der Waals surface area (Å²) in [4.78, 5) is 25.7. The fourth-order valence-corrected chi connectivity index (χ4v) is 8.43. The molecule has 0 saturated carbocycles. The van der Waals surface area contributed by atoms with E-state index >= 15 is 0 Å². The summed E-state index contributed by atoms with van der Waals surface area (Å²) in [5, 5.41) is 6.68. The fourth-order valence-electron chi connectivity index (χ4n) is 6.86. The molecule has 49 heavy (non-hydrogen) atoms. The molecular weight excluding hydrogens is 708 g/mol. The number of methoxy groups -OCH3 is 1. The van der Waals surface area contributed by atoms with Gasteiger partial charge in [0, 0.05) is 81.7 Å². The number of ether oxygens (including phenoxy) is 1. The smallest absolute Gasteiger partial charge is 0.232 e. The Balaban J connectivity index is 1.24. The van der Waals surface area contributed by atoms with Gasteiger partial charge in [0.2, 0.25) is 16.0 Å². The maximum absolute atomic E-state index is 13.0. The van der Waals surface area contributed by atoms with Crippen LogP contribution in [0.3, 0.4) is 0 Å². The number of nitrogens with zero attached hydrogens (tertiary/aromatic N) is 8. The average Bonchev–Trinajstić information content (AvgIpc) is 3.07. The molecule has 13 nitrogen and oxygen atoms in total. The number of aryl methyl sites for hydroxylation is 1. The minimum atomic E-state index is -3.67. The minimum absolute atomic E-state index is 0.343. The molecule has 2 aliphatic heterocycles. The number of benzene rings is 2. The van der Waals surface area contributed by atoms with Crippen molar-refractivity contribution < 1.29 is 13.2 Å². The quantitative estimate of drug-likeness (QED) is 0.216. The summed E-state index contributed by atoms with van der Waals surface area (Å²) in [6.45, 7) is 12.4. The van der Waals surface area contributed by atoms with Crippen molar-refractivity contribution in [3.8, 4) is 5.75 Å². The highest BCUT2D eigenvalue weighted by atomic mass is 79.9. The van der Waals surface area contributed by atoms with E-state index in [2.05, 4.69) is 82.3 Å². The third-order valence-electron chi connectivity index (χ3n) is 9.28. The van der Waals surface area contributed by atoms with E-state index in [-0.39, 0.29) is 6.04 Å². The van der Waals surface area contributed by atoms with Gasteiger partial charge in [-0.15, -0.1) is 0 Å². The molecule has 262 valence electrons. The molecule has 0 amide bonds. The van der Waals surface area contributed by atoms with Gasteiger partial charge in [-0.25, -0.2) is 13.4 Å². The van der Waals surface area contributed by atoms with Crippen LogP contribution in [0.25, 0.3) is 11.0 Å². The van der Waals surface area contributed by atoms with Crippen molar-refractivity contribution in [3.63, 3.8) is 0 Å². The Hall–Kier alpha value is -3.79. The number of fused-ring (bicyclic) bond motifs is 1. The molecule has 4 heterocycles. The van der Waals surface area contributed by atoms with E-state index in [4.69, 9.17) is 9.72 Å². The average molecular weight is 754 g/mol. The van der Waals surface area contributed by atoms with E-state index in [0.717, 1.165) is 63.4 Å². The topological polar surface area (TPSA) is 132 Å². The van der Waals surface area contributed by atoms with Crippen molar-refractivity contribution in [3.05, 3.63) is 52.9 Å². The Labute approximate surface area is 297 Å². The Morgan fingerprint density at radius 1 is 0.980 bits per heavy atom. The summed E-state index contributed by atoms with van der Waals surface area (Å²) in [5.41, 5.74) is 4.98. The molecule has 2 saturated heterocycles. The summed E-state index contributed by atoms with van der Waals surface area (Å²) < 4.78 is 33.9. The molecule has 15 heteroatoms. The minimum Gasteiger partial charge on any atom is -0.494 e. The molecule has 0 radical (unpaired) electrons. The van der Waals surface area contributed by atoms with Gasteiger partial charge >= 0.3 is 0 Å². The van der Waals surface area contributed by atoms with Crippen LogP contribution in [0.15, 0.2) is 47.3 Å². The first-order valence-electron chi connectivity index (χ1n) is 16.6. The van der Waals surface area contributed by atoms with E-state index in [1.165, 1.54) is 16.2 Å². The normalized spacial score (nSPS) is 16.7. The maximum Gasteiger partial charge on any atom is 0.232 e. The zero-order valence-corrected chi connectivity index (χ0v) is 31.3. The lowest BCUT2D eigenvalue weighted by Crippen LogP contribution is -2.52. The first-order chi connectivity index (χ1) is 23.4. The highest BCUT2D eigenvalue weighted by Crippen LogP contribution is 2.39. The number of hydrogen-bond acceptors (Lipinski definition) is 12. The number of piperazine rings is 1. The molecule has 0 unspecified atom stereocenters. The molecule has 0 aliphatic carbocycles. The molecule has 2 N–H and O–H groups in total. The highest BCUT2D eigenvalue weighted by Gasteiger charge is 2.29. The zero-order chi connectivity index (χ0) is 34.9. The monoisotopic (exact) mass is 752 g/mol. The highest BCUT2D eigenvalue weighted by molar-refractivity contribution is 9.10. The Kier molecular flexibility index (Phi) is 10.4. The summed E-state index contributed by atoms with van der Waals surface area (Å²) in [5.74, 6) is 1.48. The molecule has 2 aromatic carbocycles. The summed E-state index contributed by atoms with van der Waals surface area (Å²) in [7, 11) is 0.203. The molecule has 6 rings (SSSR count). The molecule has 0 bridgehead atoms. The molecule has 0 spiro atoms. The maximum atomic E-state index is 13.0. The Bertz CT molecular complexity index is 1910. The second kappa shape index (κ2) is 14.6. The van der Waals surface area contributed by atoms with Gasteiger partial charge in [-0.05, 0) is 80.4 Å². The van der Waals surface area contributed by atoms with Gasteiger partial charge < -0.3 is 25.2 Å². The van der Waals surface area contributed by atoms with Gasteiger partial charge in [0.1, 0.15) is 22.8 Å². The van der Waals surface area contributed by atoms with Gasteiger partial charge in [0.15, 0.2) is 0 Å². The van der Waals surface area contributed by atoms with Gasteiger partial charge in [0.25, 0.3) is 0 Å². The molecule has 0 atom stereocenters. The van der Waals surface area contributed by atoms with Crippen LogP contribution >= 0.6 is 15.9 Å². The SMILES string of the molecule is COc1cc(N2CCC(N3CCN(C)CC3)CC2)c(C)cc1Nc1ncc(Br)c(Nc2ccc3nccnc3c2N(C(C)C)S(C)(=O)=O)n1. The van der Waals surface area contributed by atoms with Crippen LogP contribution in [0.4, 0.5) is 34.5 Å². The van der Waals surface area contributed by atoms with Crippen LogP contribution in [-0.4, -0.2) is 110 Å². The lowest BCUT2D eigenvalue weighted by atomic mass is 10.0. The standard InChI is InChI=1S/C34H45BrN10O3S/c1-22(2)45(49(6,46)47)32-27(8-7-26-31(32)37-12-11-36-26)39-33-25(35)21-38-34(41-33)40-28-19-23(3)29(20-30(28)48-5)44-13-9-24(10-14-44)43-17-15-42(4)16-18-43/h7-8,11-12,19-22,24H,9-10,13-18H2,1-6H3,(H2,38,39,40,41). The summed E-state index contributed by atoms with van der Waals surface area (Å²) in [6, 6.07) is 8.02. The van der Waals surface area contributed by atoms with E-state index in [0.29, 0.717) is 50.4 Å². The molecule has 2 aliphatic rings. The second-order valence-electron chi connectivity index (χ2n) is 13.1. The van der Waals surface area contributed by atoms with Gasteiger partial charge in [-0.1, -0.05) is 0 Å². The number of aromatic nitrogens is 4. The van der Waals surface area contributed by atoms with Crippen molar-refractivity contribution in [2.75, 3.05) is 79.5 Å². The first-order valence-corrected chi connectivity index (χ1v) is 19.2. The van der Waals surface area contributed by atoms with Crippen LogP contribution in [-0.2, 0) is 10.0 Å². The number of hydrogen-bond donors (Lipinski definition) is 2. The van der Waals surface area contributed by atoms with Gasteiger partial charge in [0.05, 0.1) is 34.7 Å². The zero-order valence-electron chi connectivity index (χ0n) is 28.9. The number of piperidine rings is 1. The number of rotatable bonds is 10. The number of nitrogens with one attached hydrogen (secondary N) is 2. The Morgan fingerprint density at radius 3 is 2.37 bits per heavy atom. The molecule has 2 fully saturated rings. The first kappa shape index (κ1) is 35.1. The van der Waals surface area contributed by atoms with Crippen molar-refractivity contribution in [1.29, 1.82) is 0 Å². The molecular formula is C34H45BrN10O3S. The van der Waals surface area contributed by atoms with E-state index in [9.17, 15) is 8.42 Å². The summed E-state index contributed by atoms with van der Waals surface area (Å²) >= 11 is 3.57. The third kappa shape index (κ3) is 7.69. The van der Waals surface area contributed by atoms with E-state index < -0.39 is 10.0 Å². The predicted octanol–water partition coefficient (Wildman–Crippen LogP) is 5.38.